The minimum Gasteiger partial charge on any atom is -0.497 e. The first-order valence-electron chi connectivity index (χ1n) is 8.23. The minimum absolute atomic E-state index is 0.0421. The number of hydrazine groups is 1. The Morgan fingerprint density at radius 3 is 2.11 bits per heavy atom. The SMILES string of the molecule is COc1ccc(OC)c(S(=O)(=O)NNC(=O)c2ccc(C(C)(C)C)cc2)c1. The maximum absolute atomic E-state index is 12.5. The average Bonchev–Trinajstić information content (AvgIpc) is 2.65. The normalized spacial score (nSPS) is 11.7. The number of hydrogen-bond donors (Lipinski definition) is 2. The summed E-state index contributed by atoms with van der Waals surface area (Å²) in [5.41, 5.74) is 3.58. The van der Waals surface area contributed by atoms with Crippen molar-refractivity contribution in [1.82, 2.24) is 10.3 Å². The number of carbonyl (C=O) groups is 1. The molecule has 2 aromatic rings. The van der Waals surface area contributed by atoms with Crippen molar-refractivity contribution < 1.29 is 22.7 Å². The molecule has 0 bridgehead atoms. The van der Waals surface area contributed by atoms with Gasteiger partial charge >= 0.3 is 0 Å². The summed E-state index contributed by atoms with van der Waals surface area (Å²) in [4.78, 5) is 14.2. The molecular formula is C19H24N2O5S. The van der Waals surface area contributed by atoms with Crippen LogP contribution in [0.3, 0.4) is 0 Å². The van der Waals surface area contributed by atoms with E-state index < -0.39 is 15.9 Å². The molecule has 1 amide bonds. The minimum atomic E-state index is -4.06. The van der Waals surface area contributed by atoms with Gasteiger partial charge in [-0.2, -0.15) is 0 Å². The molecule has 2 N–H and O–H groups in total. The predicted octanol–water partition coefficient (Wildman–Crippen LogP) is 2.62. The molecular weight excluding hydrogens is 368 g/mol. The number of ether oxygens (including phenoxy) is 2. The van der Waals surface area contributed by atoms with Crippen LogP contribution in [-0.4, -0.2) is 28.5 Å². The van der Waals surface area contributed by atoms with Crippen LogP contribution in [-0.2, 0) is 15.4 Å². The van der Waals surface area contributed by atoms with Crippen molar-refractivity contribution in [3.8, 4) is 11.5 Å². The predicted molar refractivity (Wildman–Crippen MR) is 102 cm³/mol. The van der Waals surface area contributed by atoms with E-state index in [4.69, 9.17) is 9.47 Å². The van der Waals surface area contributed by atoms with Crippen LogP contribution in [0, 0.1) is 0 Å². The Labute approximate surface area is 159 Å². The molecule has 146 valence electrons. The molecule has 0 aliphatic rings. The number of benzene rings is 2. The molecule has 0 fully saturated rings. The molecule has 27 heavy (non-hydrogen) atoms. The average molecular weight is 392 g/mol. The number of hydrogen-bond acceptors (Lipinski definition) is 5. The molecule has 0 saturated carbocycles. The van der Waals surface area contributed by atoms with Crippen molar-refractivity contribution in [3.63, 3.8) is 0 Å². The van der Waals surface area contributed by atoms with E-state index in [1.54, 1.807) is 18.2 Å². The van der Waals surface area contributed by atoms with E-state index in [9.17, 15) is 13.2 Å². The first-order chi connectivity index (χ1) is 12.6. The summed E-state index contributed by atoms with van der Waals surface area (Å²) in [6.07, 6.45) is 0. The molecule has 0 saturated heterocycles. The smallest absolute Gasteiger partial charge is 0.266 e. The van der Waals surface area contributed by atoms with Gasteiger partial charge in [-0.15, -0.1) is 4.83 Å². The van der Waals surface area contributed by atoms with Crippen molar-refractivity contribution in [1.29, 1.82) is 0 Å². The van der Waals surface area contributed by atoms with Gasteiger partial charge in [0.05, 0.1) is 14.2 Å². The van der Waals surface area contributed by atoms with Crippen molar-refractivity contribution >= 4 is 15.9 Å². The van der Waals surface area contributed by atoms with Crippen LogP contribution in [0.4, 0.5) is 0 Å². The van der Waals surface area contributed by atoms with Gasteiger partial charge in [0.15, 0.2) is 0 Å². The van der Waals surface area contributed by atoms with Gasteiger partial charge in [0.25, 0.3) is 15.9 Å². The van der Waals surface area contributed by atoms with Crippen LogP contribution >= 0.6 is 0 Å². The third-order valence-corrected chi connectivity index (χ3v) is 5.24. The first kappa shape index (κ1) is 20.7. The summed E-state index contributed by atoms with van der Waals surface area (Å²) >= 11 is 0. The zero-order valence-electron chi connectivity index (χ0n) is 16.0. The number of rotatable bonds is 6. The number of amides is 1. The van der Waals surface area contributed by atoms with Crippen LogP contribution in [0.2, 0.25) is 0 Å². The van der Waals surface area contributed by atoms with Crippen LogP contribution in [0.25, 0.3) is 0 Å². The fourth-order valence-corrected chi connectivity index (χ4v) is 3.38. The second-order valence-electron chi connectivity index (χ2n) is 6.90. The highest BCUT2D eigenvalue weighted by Crippen LogP contribution is 2.27. The van der Waals surface area contributed by atoms with Crippen LogP contribution in [0.1, 0.15) is 36.7 Å². The van der Waals surface area contributed by atoms with Crippen molar-refractivity contribution in [2.24, 2.45) is 0 Å². The summed E-state index contributed by atoms with van der Waals surface area (Å²) < 4.78 is 35.2. The monoisotopic (exact) mass is 392 g/mol. The number of methoxy groups -OCH3 is 2. The van der Waals surface area contributed by atoms with Gasteiger partial charge in [0.2, 0.25) is 0 Å². The summed E-state index contributed by atoms with van der Waals surface area (Å²) in [5.74, 6) is -0.0896. The lowest BCUT2D eigenvalue weighted by Crippen LogP contribution is -2.41. The van der Waals surface area contributed by atoms with E-state index in [1.165, 1.54) is 26.4 Å². The Hall–Kier alpha value is -2.58. The largest absolute Gasteiger partial charge is 0.497 e. The highest BCUT2D eigenvalue weighted by molar-refractivity contribution is 7.89. The van der Waals surface area contributed by atoms with E-state index >= 15 is 0 Å². The molecule has 0 atom stereocenters. The van der Waals surface area contributed by atoms with Gasteiger partial charge in [0, 0.05) is 11.6 Å². The van der Waals surface area contributed by atoms with Crippen LogP contribution in [0.15, 0.2) is 47.4 Å². The van der Waals surface area contributed by atoms with Gasteiger partial charge in [-0.05, 0) is 35.2 Å². The lowest BCUT2D eigenvalue weighted by molar-refractivity contribution is 0.0945. The molecule has 7 nitrogen and oxygen atoms in total. The molecule has 0 heterocycles. The highest BCUT2D eigenvalue weighted by Gasteiger charge is 2.22. The maximum atomic E-state index is 12.5. The fourth-order valence-electron chi connectivity index (χ4n) is 2.36. The van der Waals surface area contributed by atoms with E-state index in [0.29, 0.717) is 11.3 Å². The lowest BCUT2D eigenvalue weighted by atomic mass is 9.87. The third-order valence-electron chi connectivity index (χ3n) is 3.97. The number of carbonyl (C=O) groups excluding carboxylic acids is 1. The van der Waals surface area contributed by atoms with Crippen LogP contribution < -0.4 is 19.7 Å². The van der Waals surface area contributed by atoms with Crippen molar-refractivity contribution in [2.45, 2.75) is 31.1 Å². The Kier molecular flexibility index (Phi) is 6.12. The molecule has 0 aliphatic heterocycles. The molecule has 8 heteroatoms. The maximum Gasteiger partial charge on any atom is 0.266 e. The fraction of sp³-hybridized carbons (Fsp3) is 0.316. The quantitative estimate of drug-likeness (QED) is 0.737. The molecule has 0 unspecified atom stereocenters. The van der Waals surface area contributed by atoms with Gasteiger partial charge in [-0.25, -0.2) is 8.42 Å². The Morgan fingerprint density at radius 1 is 0.963 bits per heavy atom. The Balaban J connectivity index is 2.16. The van der Waals surface area contributed by atoms with Crippen molar-refractivity contribution in [3.05, 3.63) is 53.6 Å². The van der Waals surface area contributed by atoms with Gasteiger partial charge in [-0.1, -0.05) is 32.9 Å². The molecule has 0 radical (unpaired) electrons. The standard InChI is InChI=1S/C19H24N2O5S/c1-19(2,3)14-8-6-13(7-9-14)18(22)20-21-27(23,24)17-12-15(25-4)10-11-16(17)26-5/h6-12,21H,1-5H3,(H,20,22). The molecule has 0 spiro atoms. The first-order valence-corrected chi connectivity index (χ1v) is 9.71. The molecule has 2 rings (SSSR count). The molecule has 0 aliphatic carbocycles. The van der Waals surface area contributed by atoms with Crippen molar-refractivity contribution in [2.75, 3.05) is 14.2 Å². The lowest BCUT2D eigenvalue weighted by Gasteiger charge is -2.19. The number of nitrogens with one attached hydrogen (secondary N) is 2. The van der Waals surface area contributed by atoms with Gasteiger partial charge in [0.1, 0.15) is 16.4 Å². The Bertz CT molecular complexity index is 916. The van der Waals surface area contributed by atoms with Gasteiger partial charge < -0.3 is 9.47 Å². The topological polar surface area (TPSA) is 93.7 Å². The molecule has 2 aromatic carbocycles. The highest BCUT2D eigenvalue weighted by atomic mass is 32.2. The van der Waals surface area contributed by atoms with Gasteiger partial charge in [-0.3, -0.25) is 10.2 Å². The third kappa shape index (κ3) is 4.99. The van der Waals surface area contributed by atoms with E-state index in [1.807, 2.05) is 12.1 Å². The van der Waals surface area contributed by atoms with E-state index in [0.717, 1.165) is 5.56 Å². The second-order valence-corrected chi connectivity index (χ2v) is 8.55. The summed E-state index contributed by atoms with van der Waals surface area (Å²) in [7, 11) is -1.27. The summed E-state index contributed by atoms with van der Waals surface area (Å²) in [5, 5.41) is 0. The zero-order chi connectivity index (χ0) is 20.2. The van der Waals surface area contributed by atoms with Crippen LogP contribution in [0.5, 0.6) is 11.5 Å². The Morgan fingerprint density at radius 2 is 1.59 bits per heavy atom. The zero-order valence-corrected chi connectivity index (χ0v) is 16.8. The summed E-state index contributed by atoms with van der Waals surface area (Å²) in [6.45, 7) is 6.20. The second kappa shape index (κ2) is 7.98. The van der Waals surface area contributed by atoms with E-state index in [-0.39, 0.29) is 16.1 Å². The number of sulfonamides is 1. The summed E-state index contributed by atoms with van der Waals surface area (Å²) in [6, 6.07) is 11.3. The molecule has 0 aromatic heterocycles. The van der Waals surface area contributed by atoms with E-state index in [2.05, 4.69) is 31.0 Å².